The van der Waals surface area contributed by atoms with E-state index in [0.29, 0.717) is 23.1 Å². The van der Waals surface area contributed by atoms with Gasteiger partial charge < -0.3 is 10.1 Å². The Morgan fingerprint density at radius 3 is 2.43 bits per heavy atom. The molecule has 1 heterocycles. The van der Waals surface area contributed by atoms with E-state index in [2.05, 4.69) is 5.32 Å². The molecule has 0 spiro atoms. The molecule has 1 saturated heterocycles. The third-order valence-corrected chi connectivity index (χ3v) is 5.95. The molecule has 0 atom stereocenters. The summed E-state index contributed by atoms with van der Waals surface area (Å²) in [6.45, 7) is 2.65. The first-order valence-corrected chi connectivity index (χ1v) is 8.79. The molecule has 2 rings (SSSR count). The Labute approximate surface area is 127 Å². The molecule has 0 saturated carbocycles. The van der Waals surface area contributed by atoms with Gasteiger partial charge in [-0.25, -0.2) is 12.7 Å². The van der Waals surface area contributed by atoms with Gasteiger partial charge in [-0.2, -0.15) is 0 Å². The lowest BCUT2D eigenvalue weighted by Crippen LogP contribution is -2.32. The van der Waals surface area contributed by atoms with Crippen LogP contribution in [0, 0.1) is 5.92 Å². The third-order valence-electron chi connectivity index (χ3n) is 4.08. The molecule has 1 aliphatic heterocycles. The van der Waals surface area contributed by atoms with Crippen LogP contribution < -0.4 is 10.1 Å². The summed E-state index contributed by atoms with van der Waals surface area (Å²) in [6.07, 6.45) is 3.19. The number of nitrogens with one attached hydrogen (secondary N) is 1. The van der Waals surface area contributed by atoms with E-state index in [4.69, 9.17) is 4.74 Å². The van der Waals surface area contributed by atoms with E-state index in [9.17, 15) is 8.42 Å². The predicted octanol–water partition coefficient (Wildman–Crippen LogP) is 1.71. The second kappa shape index (κ2) is 7.24. The first kappa shape index (κ1) is 16.3. The van der Waals surface area contributed by atoms with Crippen LogP contribution in [-0.4, -0.2) is 46.5 Å². The molecule has 1 aromatic carbocycles. The lowest BCUT2D eigenvalue weighted by atomic mass is 9.95. The molecule has 0 aromatic heterocycles. The summed E-state index contributed by atoms with van der Waals surface area (Å²) in [5.41, 5.74) is 0. The summed E-state index contributed by atoms with van der Waals surface area (Å²) < 4.78 is 31.5. The average Bonchev–Trinajstić information content (AvgIpc) is 2.53. The van der Waals surface area contributed by atoms with E-state index >= 15 is 0 Å². The highest BCUT2D eigenvalue weighted by Gasteiger charge is 2.22. The zero-order valence-corrected chi connectivity index (χ0v) is 13.5. The molecule has 0 radical (unpaired) electrons. The molecule has 1 N–H and O–H groups in total. The molecule has 1 aliphatic rings. The van der Waals surface area contributed by atoms with Gasteiger partial charge in [0.15, 0.2) is 0 Å². The number of hydrogen-bond acceptors (Lipinski definition) is 4. The Hall–Kier alpha value is -1.11. The highest BCUT2D eigenvalue weighted by atomic mass is 32.2. The Morgan fingerprint density at radius 2 is 1.86 bits per heavy atom. The summed E-state index contributed by atoms with van der Waals surface area (Å²) in [5, 5.41) is 3.33. The van der Waals surface area contributed by atoms with Gasteiger partial charge in [0.25, 0.3) is 0 Å². The number of benzene rings is 1. The monoisotopic (exact) mass is 312 g/mol. The summed E-state index contributed by atoms with van der Waals surface area (Å²) in [7, 11) is -0.185. The van der Waals surface area contributed by atoms with Gasteiger partial charge in [-0.15, -0.1) is 0 Å². The van der Waals surface area contributed by atoms with Crippen LogP contribution >= 0.6 is 0 Å². The maximum atomic E-state index is 12.5. The van der Waals surface area contributed by atoms with Crippen LogP contribution in [0.1, 0.15) is 19.3 Å². The first-order chi connectivity index (χ1) is 10.0. The van der Waals surface area contributed by atoms with Crippen molar-refractivity contribution in [3.63, 3.8) is 0 Å². The van der Waals surface area contributed by atoms with Crippen molar-refractivity contribution in [3.05, 3.63) is 24.3 Å². The molecule has 1 fully saturated rings. The lowest BCUT2D eigenvalue weighted by Gasteiger charge is -2.25. The maximum Gasteiger partial charge on any atom is 0.242 e. The summed E-state index contributed by atoms with van der Waals surface area (Å²) in [6, 6.07) is 6.53. The van der Waals surface area contributed by atoms with Crippen molar-refractivity contribution in [3.8, 4) is 5.75 Å². The molecule has 21 heavy (non-hydrogen) atoms. The topological polar surface area (TPSA) is 58.6 Å². The van der Waals surface area contributed by atoms with Gasteiger partial charge in [-0.1, -0.05) is 0 Å². The number of rotatable bonds is 6. The predicted molar refractivity (Wildman–Crippen MR) is 83.0 cm³/mol. The van der Waals surface area contributed by atoms with E-state index in [1.54, 1.807) is 38.4 Å². The molecule has 0 bridgehead atoms. The summed E-state index contributed by atoms with van der Waals surface area (Å²) in [4.78, 5) is 0.316. The van der Waals surface area contributed by atoms with Crippen LogP contribution in [0.5, 0.6) is 5.75 Å². The van der Waals surface area contributed by atoms with Crippen molar-refractivity contribution < 1.29 is 13.2 Å². The minimum Gasteiger partial charge on any atom is -0.497 e. The van der Waals surface area contributed by atoms with Gasteiger partial charge in [0.2, 0.25) is 10.0 Å². The largest absolute Gasteiger partial charge is 0.497 e. The molecule has 118 valence electrons. The zero-order chi connectivity index (χ0) is 15.3. The minimum atomic E-state index is -3.40. The molecular formula is C15H24N2O3S. The quantitative estimate of drug-likeness (QED) is 0.869. The lowest BCUT2D eigenvalue weighted by molar-refractivity contribution is 0.326. The number of nitrogens with zero attached hydrogens (tertiary/aromatic N) is 1. The third kappa shape index (κ3) is 4.18. The SMILES string of the molecule is COc1ccc(S(=O)(=O)N(C)CCC2CCNCC2)cc1. The van der Waals surface area contributed by atoms with Gasteiger partial charge in [0.05, 0.1) is 12.0 Å². The Kier molecular flexibility index (Phi) is 5.61. The number of piperidine rings is 1. The number of methoxy groups -OCH3 is 1. The molecule has 0 amide bonds. The molecule has 0 unspecified atom stereocenters. The van der Waals surface area contributed by atoms with Crippen LogP contribution in [0.4, 0.5) is 0 Å². The van der Waals surface area contributed by atoms with Crippen LogP contribution in [0.15, 0.2) is 29.2 Å². The van der Waals surface area contributed by atoms with E-state index < -0.39 is 10.0 Å². The van der Waals surface area contributed by atoms with E-state index in [0.717, 1.165) is 32.4 Å². The normalized spacial score (nSPS) is 17.1. The number of hydrogen-bond donors (Lipinski definition) is 1. The van der Waals surface area contributed by atoms with Crippen molar-refractivity contribution in [2.24, 2.45) is 5.92 Å². The van der Waals surface area contributed by atoms with E-state index in [1.807, 2.05) is 0 Å². The van der Waals surface area contributed by atoms with Crippen molar-refractivity contribution in [2.75, 3.05) is 33.8 Å². The van der Waals surface area contributed by atoms with Gasteiger partial charge in [0.1, 0.15) is 5.75 Å². The second-order valence-electron chi connectivity index (χ2n) is 5.48. The average molecular weight is 312 g/mol. The first-order valence-electron chi connectivity index (χ1n) is 7.35. The fourth-order valence-electron chi connectivity index (χ4n) is 2.58. The number of ether oxygens (including phenoxy) is 1. The van der Waals surface area contributed by atoms with Crippen LogP contribution in [0.2, 0.25) is 0 Å². The number of sulfonamides is 1. The van der Waals surface area contributed by atoms with Crippen LogP contribution in [0.25, 0.3) is 0 Å². The Bertz CT molecular complexity index is 537. The van der Waals surface area contributed by atoms with E-state index in [-0.39, 0.29) is 0 Å². The van der Waals surface area contributed by atoms with Gasteiger partial charge in [-0.3, -0.25) is 0 Å². The van der Waals surface area contributed by atoms with Crippen molar-refractivity contribution in [1.29, 1.82) is 0 Å². The molecule has 0 aliphatic carbocycles. The van der Waals surface area contributed by atoms with Crippen molar-refractivity contribution >= 4 is 10.0 Å². The van der Waals surface area contributed by atoms with Gasteiger partial charge >= 0.3 is 0 Å². The molecule has 6 heteroatoms. The van der Waals surface area contributed by atoms with E-state index in [1.165, 1.54) is 4.31 Å². The van der Waals surface area contributed by atoms with Crippen LogP contribution in [-0.2, 0) is 10.0 Å². The standard InChI is InChI=1S/C15H24N2O3S/c1-17(12-9-13-7-10-16-11-8-13)21(18,19)15-5-3-14(20-2)4-6-15/h3-6,13,16H,7-12H2,1-2H3. The second-order valence-corrected chi connectivity index (χ2v) is 7.53. The van der Waals surface area contributed by atoms with Crippen molar-refractivity contribution in [1.82, 2.24) is 9.62 Å². The smallest absolute Gasteiger partial charge is 0.242 e. The minimum absolute atomic E-state index is 0.316. The Balaban J connectivity index is 1.96. The molecular weight excluding hydrogens is 288 g/mol. The Morgan fingerprint density at radius 1 is 1.24 bits per heavy atom. The maximum absolute atomic E-state index is 12.5. The summed E-state index contributed by atoms with van der Waals surface area (Å²) in [5.74, 6) is 1.28. The van der Waals surface area contributed by atoms with Crippen molar-refractivity contribution in [2.45, 2.75) is 24.2 Å². The van der Waals surface area contributed by atoms with Gasteiger partial charge in [-0.05, 0) is 62.5 Å². The van der Waals surface area contributed by atoms with Gasteiger partial charge in [0, 0.05) is 13.6 Å². The summed E-state index contributed by atoms with van der Waals surface area (Å²) >= 11 is 0. The fraction of sp³-hybridized carbons (Fsp3) is 0.600. The molecule has 5 nitrogen and oxygen atoms in total. The van der Waals surface area contributed by atoms with Crippen LogP contribution in [0.3, 0.4) is 0 Å². The zero-order valence-electron chi connectivity index (χ0n) is 12.7. The fourth-order valence-corrected chi connectivity index (χ4v) is 3.77. The highest BCUT2D eigenvalue weighted by molar-refractivity contribution is 7.89. The highest BCUT2D eigenvalue weighted by Crippen LogP contribution is 2.21. The molecule has 1 aromatic rings.